The second-order valence-corrected chi connectivity index (χ2v) is 5.52. The van der Waals surface area contributed by atoms with Crippen LogP contribution >= 0.6 is 0 Å². The predicted molar refractivity (Wildman–Crippen MR) is 65.5 cm³/mol. The van der Waals surface area contributed by atoms with Crippen molar-refractivity contribution in [3.63, 3.8) is 0 Å². The Balaban J connectivity index is 3.83. The maximum atomic E-state index is 8.94. The molecule has 0 saturated heterocycles. The van der Waals surface area contributed by atoms with E-state index in [1.807, 2.05) is 0 Å². The van der Waals surface area contributed by atoms with Crippen LogP contribution in [0.25, 0.3) is 0 Å². The van der Waals surface area contributed by atoms with Crippen molar-refractivity contribution in [1.82, 2.24) is 5.32 Å². The van der Waals surface area contributed by atoms with Crippen molar-refractivity contribution in [2.45, 2.75) is 47.5 Å². The number of rotatable bonds is 7. The molecule has 0 aliphatic carbocycles. The summed E-state index contributed by atoms with van der Waals surface area (Å²) in [6.07, 6.45) is 2.46. The fraction of sp³-hybridized carbons (Fsp3) is 0.923. The first-order chi connectivity index (χ1) is 6.93. The highest BCUT2D eigenvalue weighted by molar-refractivity contribution is 4.87. The van der Waals surface area contributed by atoms with Crippen molar-refractivity contribution >= 4 is 0 Å². The average Bonchev–Trinajstić information content (AvgIpc) is 2.11. The molecule has 0 radical (unpaired) electrons. The van der Waals surface area contributed by atoms with E-state index in [-0.39, 0.29) is 5.92 Å². The molecular weight excluding hydrogens is 184 g/mol. The summed E-state index contributed by atoms with van der Waals surface area (Å²) in [7, 11) is 0. The van der Waals surface area contributed by atoms with Gasteiger partial charge in [-0.1, -0.05) is 41.0 Å². The lowest BCUT2D eigenvalue weighted by Crippen LogP contribution is -2.33. The summed E-state index contributed by atoms with van der Waals surface area (Å²) >= 11 is 0. The molecule has 0 amide bonds. The van der Waals surface area contributed by atoms with Crippen LogP contribution in [0.1, 0.15) is 47.5 Å². The van der Waals surface area contributed by atoms with E-state index in [0.29, 0.717) is 11.3 Å². The van der Waals surface area contributed by atoms with Gasteiger partial charge in [-0.2, -0.15) is 5.26 Å². The minimum Gasteiger partial charge on any atom is -0.315 e. The van der Waals surface area contributed by atoms with Gasteiger partial charge in [0.25, 0.3) is 0 Å². The number of nitrogens with zero attached hydrogens (tertiary/aromatic N) is 1. The van der Waals surface area contributed by atoms with E-state index in [0.717, 1.165) is 13.1 Å². The summed E-state index contributed by atoms with van der Waals surface area (Å²) in [6.45, 7) is 12.8. The van der Waals surface area contributed by atoms with Crippen LogP contribution in [0.2, 0.25) is 0 Å². The first-order valence-electron chi connectivity index (χ1n) is 6.03. The second kappa shape index (κ2) is 6.85. The quantitative estimate of drug-likeness (QED) is 0.700. The summed E-state index contributed by atoms with van der Waals surface area (Å²) in [5.74, 6) is 0.583. The highest BCUT2D eigenvalue weighted by atomic mass is 14.9. The van der Waals surface area contributed by atoms with Gasteiger partial charge in [0, 0.05) is 13.1 Å². The van der Waals surface area contributed by atoms with Gasteiger partial charge in [0.2, 0.25) is 0 Å². The van der Waals surface area contributed by atoms with Gasteiger partial charge in [-0.15, -0.1) is 0 Å². The second-order valence-electron chi connectivity index (χ2n) is 5.52. The Kier molecular flexibility index (Phi) is 6.60. The zero-order valence-corrected chi connectivity index (χ0v) is 10.9. The van der Waals surface area contributed by atoms with Crippen molar-refractivity contribution in [2.75, 3.05) is 13.1 Å². The Morgan fingerprint density at radius 2 is 1.93 bits per heavy atom. The Hall–Kier alpha value is -0.550. The molecule has 0 spiro atoms. The van der Waals surface area contributed by atoms with Gasteiger partial charge in [-0.3, -0.25) is 0 Å². The fourth-order valence-corrected chi connectivity index (χ4v) is 1.76. The molecule has 0 aromatic carbocycles. The van der Waals surface area contributed by atoms with Gasteiger partial charge in [-0.25, -0.2) is 0 Å². The number of hydrogen-bond donors (Lipinski definition) is 1. The molecule has 2 nitrogen and oxygen atoms in total. The van der Waals surface area contributed by atoms with Gasteiger partial charge >= 0.3 is 0 Å². The molecule has 1 N–H and O–H groups in total. The minimum absolute atomic E-state index is 0.141. The van der Waals surface area contributed by atoms with E-state index >= 15 is 0 Å². The van der Waals surface area contributed by atoms with Gasteiger partial charge in [0.15, 0.2) is 0 Å². The zero-order chi connectivity index (χ0) is 11.9. The number of nitrogens with one attached hydrogen (secondary N) is 1. The third-order valence-electron chi connectivity index (χ3n) is 2.87. The van der Waals surface area contributed by atoms with Gasteiger partial charge < -0.3 is 5.32 Å². The minimum atomic E-state index is 0.141. The number of nitriles is 1. The lowest BCUT2D eigenvalue weighted by Gasteiger charge is -2.25. The smallest absolute Gasteiger partial charge is 0.0671 e. The predicted octanol–water partition coefficient (Wildman–Crippen LogP) is 3.20. The SMILES string of the molecule is CCCC(C)(C)CNCC(C#N)C(C)C. The summed E-state index contributed by atoms with van der Waals surface area (Å²) < 4.78 is 0. The molecule has 0 aromatic rings. The molecule has 0 aromatic heterocycles. The molecule has 1 atom stereocenters. The monoisotopic (exact) mass is 210 g/mol. The van der Waals surface area contributed by atoms with Gasteiger partial charge in [-0.05, 0) is 17.8 Å². The van der Waals surface area contributed by atoms with Crippen LogP contribution in [0, 0.1) is 28.6 Å². The van der Waals surface area contributed by atoms with E-state index < -0.39 is 0 Å². The average molecular weight is 210 g/mol. The zero-order valence-electron chi connectivity index (χ0n) is 10.9. The van der Waals surface area contributed by atoms with E-state index in [9.17, 15) is 0 Å². The van der Waals surface area contributed by atoms with E-state index in [1.165, 1.54) is 12.8 Å². The first kappa shape index (κ1) is 14.5. The van der Waals surface area contributed by atoms with E-state index in [2.05, 4.69) is 46.0 Å². The molecule has 0 rings (SSSR count). The maximum absolute atomic E-state index is 8.94. The Morgan fingerprint density at radius 3 is 2.33 bits per heavy atom. The standard InChI is InChI=1S/C13H26N2/c1-6-7-13(4,5)10-15-9-12(8-14)11(2)3/h11-12,15H,6-7,9-10H2,1-5H3. The summed E-state index contributed by atoms with van der Waals surface area (Å²) in [5.41, 5.74) is 0.353. The van der Waals surface area contributed by atoms with E-state index in [4.69, 9.17) is 5.26 Å². The molecule has 0 saturated carbocycles. The molecular formula is C13H26N2. The molecule has 0 heterocycles. The Bertz CT molecular complexity index is 201. The van der Waals surface area contributed by atoms with Crippen LogP contribution in [0.5, 0.6) is 0 Å². The topological polar surface area (TPSA) is 35.8 Å². The van der Waals surface area contributed by atoms with Crippen molar-refractivity contribution in [3.8, 4) is 6.07 Å². The van der Waals surface area contributed by atoms with E-state index in [1.54, 1.807) is 0 Å². The molecule has 0 aliphatic rings. The van der Waals surface area contributed by atoms with Crippen molar-refractivity contribution in [2.24, 2.45) is 17.3 Å². The normalized spacial score (nSPS) is 13.9. The molecule has 1 unspecified atom stereocenters. The van der Waals surface area contributed by atoms with Gasteiger partial charge in [0.1, 0.15) is 0 Å². The largest absolute Gasteiger partial charge is 0.315 e. The molecule has 0 fully saturated rings. The molecule has 88 valence electrons. The summed E-state index contributed by atoms with van der Waals surface area (Å²) in [4.78, 5) is 0. The third kappa shape index (κ3) is 6.52. The molecule has 2 heteroatoms. The summed E-state index contributed by atoms with van der Waals surface area (Å²) in [5, 5.41) is 12.4. The fourth-order valence-electron chi connectivity index (χ4n) is 1.76. The Morgan fingerprint density at radius 1 is 1.33 bits per heavy atom. The molecule has 15 heavy (non-hydrogen) atoms. The molecule has 0 bridgehead atoms. The van der Waals surface area contributed by atoms with Crippen LogP contribution in [0.3, 0.4) is 0 Å². The van der Waals surface area contributed by atoms with Crippen molar-refractivity contribution < 1.29 is 0 Å². The van der Waals surface area contributed by atoms with Crippen LogP contribution in [0.4, 0.5) is 0 Å². The van der Waals surface area contributed by atoms with Gasteiger partial charge in [0.05, 0.1) is 12.0 Å². The van der Waals surface area contributed by atoms with Crippen LogP contribution in [0.15, 0.2) is 0 Å². The molecule has 0 aliphatic heterocycles. The summed E-state index contributed by atoms with van der Waals surface area (Å²) in [6, 6.07) is 2.36. The Labute approximate surface area is 95.1 Å². The number of hydrogen-bond acceptors (Lipinski definition) is 2. The third-order valence-corrected chi connectivity index (χ3v) is 2.87. The van der Waals surface area contributed by atoms with Crippen LogP contribution in [-0.2, 0) is 0 Å². The first-order valence-corrected chi connectivity index (χ1v) is 6.03. The van der Waals surface area contributed by atoms with Crippen LogP contribution in [-0.4, -0.2) is 13.1 Å². The maximum Gasteiger partial charge on any atom is 0.0671 e. The van der Waals surface area contributed by atoms with Crippen molar-refractivity contribution in [1.29, 1.82) is 5.26 Å². The van der Waals surface area contributed by atoms with Crippen LogP contribution < -0.4 is 5.32 Å². The lowest BCUT2D eigenvalue weighted by atomic mass is 9.87. The van der Waals surface area contributed by atoms with Crippen molar-refractivity contribution in [3.05, 3.63) is 0 Å². The highest BCUT2D eigenvalue weighted by Crippen LogP contribution is 2.20. The highest BCUT2D eigenvalue weighted by Gasteiger charge is 2.17. The lowest BCUT2D eigenvalue weighted by molar-refractivity contribution is 0.299.